The Labute approximate surface area is 132 Å². The van der Waals surface area contributed by atoms with E-state index in [-0.39, 0.29) is 23.6 Å². The second kappa shape index (κ2) is 5.57. The van der Waals surface area contributed by atoms with Crippen LogP contribution in [-0.2, 0) is 11.2 Å². The van der Waals surface area contributed by atoms with Gasteiger partial charge in [-0.05, 0) is 29.8 Å². The summed E-state index contributed by atoms with van der Waals surface area (Å²) in [6.07, 6.45) is 0.103. The predicted molar refractivity (Wildman–Crippen MR) is 83.5 cm³/mol. The number of primary amides is 1. The highest BCUT2D eigenvalue weighted by atomic mass is 16.5. The first kappa shape index (κ1) is 14.8. The lowest BCUT2D eigenvalue weighted by molar-refractivity contribution is -0.117. The molecule has 1 heterocycles. The van der Waals surface area contributed by atoms with E-state index in [4.69, 9.17) is 10.5 Å². The Balaban J connectivity index is 2.15. The molecular formula is C17H14N2O4. The second-order valence-corrected chi connectivity index (χ2v) is 5.12. The van der Waals surface area contributed by atoms with Crippen molar-refractivity contribution in [3.8, 4) is 5.75 Å². The van der Waals surface area contributed by atoms with E-state index in [0.717, 1.165) is 4.90 Å². The first-order valence-corrected chi connectivity index (χ1v) is 6.96. The number of amides is 3. The van der Waals surface area contributed by atoms with Crippen molar-refractivity contribution in [1.29, 1.82) is 0 Å². The fourth-order valence-corrected chi connectivity index (χ4v) is 2.62. The number of nitrogens with two attached hydrogens (primary N) is 1. The fourth-order valence-electron chi connectivity index (χ4n) is 2.62. The third-order valence-corrected chi connectivity index (χ3v) is 3.75. The third-order valence-electron chi connectivity index (χ3n) is 3.75. The zero-order valence-corrected chi connectivity index (χ0v) is 12.4. The standard InChI is InChI=1S/C17H14N2O4/c1-23-14-7-6-11(16(18)21)8-13(14)19-15(20)9-10-4-2-3-5-12(10)17(19)22/h2-8H,9H2,1H3,(H2,18,21). The number of methoxy groups -OCH3 is 1. The molecule has 116 valence electrons. The number of imide groups is 1. The lowest BCUT2D eigenvalue weighted by Crippen LogP contribution is -2.42. The van der Waals surface area contributed by atoms with E-state index in [0.29, 0.717) is 16.9 Å². The van der Waals surface area contributed by atoms with Gasteiger partial charge in [0.25, 0.3) is 5.91 Å². The van der Waals surface area contributed by atoms with Crippen LogP contribution in [0.3, 0.4) is 0 Å². The summed E-state index contributed by atoms with van der Waals surface area (Å²) in [5.41, 5.74) is 6.83. The Hall–Kier alpha value is -3.15. The summed E-state index contributed by atoms with van der Waals surface area (Å²) < 4.78 is 5.22. The molecule has 1 aliphatic rings. The third kappa shape index (κ3) is 2.44. The Kier molecular flexibility index (Phi) is 3.57. The van der Waals surface area contributed by atoms with Crippen molar-refractivity contribution < 1.29 is 19.1 Å². The van der Waals surface area contributed by atoms with Gasteiger partial charge in [0.05, 0.1) is 19.2 Å². The van der Waals surface area contributed by atoms with Crippen LogP contribution in [0.4, 0.5) is 5.69 Å². The maximum atomic E-state index is 12.7. The molecule has 0 radical (unpaired) electrons. The van der Waals surface area contributed by atoms with Crippen LogP contribution in [0.1, 0.15) is 26.3 Å². The number of benzene rings is 2. The number of nitrogens with zero attached hydrogens (tertiary/aromatic N) is 1. The Bertz CT molecular complexity index is 829. The van der Waals surface area contributed by atoms with Crippen molar-refractivity contribution in [1.82, 2.24) is 0 Å². The molecule has 0 saturated heterocycles. The molecule has 0 fully saturated rings. The van der Waals surface area contributed by atoms with Crippen LogP contribution in [0.15, 0.2) is 42.5 Å². The van der Waals surface area contributed by atoms with Crippen LogP contribution in [0, 0.1) is 0 Å². The second-order valence-electron chi connectivity index (χ2n) is 5.12. The van der Waals surface area contributed by atoms with E-state index >= 15 is 0 Å². The first-order valence-electron chi connectivity index (χ1n) is 6.96. The van der Waals surface area contributed by atoms with Crippen molar-refractivity contribution in [3.63, 3.8) is 0 Å². The normalized spacial score (nSPS) is 13.7. The molecule has 0 unspecified atom stereocenters. The summed E-state index contributed by atoms with van der Waals surface area (Å²) in [5, 5.41) is 0. The molecule has 0 aliphatic carbocycles. The molecule has 2 aromatic carbocycles. The number of ether oxygens (including phenoxy) is 1. The van der Waals surface area contributed by atoms with Gasteiger partial charge in [-0.1, -0.05) is 18.2 Å². The first-order chi connectivity index (χ1) is 11.0. The zero-order chi connectivity index (χ0) is 16.6. The molecule has 3 rings (SSSR count). The van der Waals surface area contributed by atoms with Crippen LogP contribution >= 0.6 is 0 Å². The molecule has 0 spiro atoms. The highest BCUT2D eigenvalue weighted by Crippen LogP contribution is 2.33. The molecule has 0 saturated carbocycles. The van der Waals surface area contributed by atoms with Gasteiger partial charge in [-0.3, -0.25) is 14.4 Å². The molecule has 0 atom stereocenters. The summed E-state index contributed by atoms with van der Waals surface area (Å²) in [6, 6.07) is 11.3. The molecular weight excluding hydrogens is 296 g/mol. The lowest BCUT2D eigenvalue weighted by atomic mass is 9.97. The molecule has 0 bridgehead atoms. The van der Waals surface area contributed by atoms with Gasteiger partial charge in [0.1, 0.15) is 5.75 Å². The van der Waals surface area contributed by atoms with Crippen LogP contribution in [0.25, 0.3) is 0 Å². The summed E-state index contributed by atoms with van der Waals surface area (Å²) >= 11 is 0. The molecule has 23 heavy (non-hydrogen) atoms. The van der Waals surface area contributed by atoms with Crippen LogP contribution in [0.2, 0.25) is 0 Å². The van der Waals surface area contributed by atoms with Gasteiger partial charge in [-0.25, -0.2) is 4.90 Å². The van der Waals surface area contributed by atoms with Gasteiger partial charge in [-0.2, -0.15) is 0 Å². The maximum Gasteiger partial charge on any atom is 0.265 e. The van der Waals surface area contributed by atoms with Crippen molar-refractivity contribution >= 4 is 23.4 Å². The van der Waals surface area contributed by atoms with Crippen molar-refractivity contribution in [2.45, 2.75) is 6.42 Å². The zero-order valence-electron chi connectivity index (χ0n) is 12.4. The van der Waals surface area contributed by atoms with Crippen molar-refractivity contribution in [2.75, 3.05) is 12.0 Å². The van der Waals surface area contributed by atoms with Crippen molar-refractivity contribution in [2.24, 2.45) is 5.73 Å². The number of fused-ring (bicyclic) bond motifs is 1. The molecule has 6 nitrogen and oxygen atoms in total. The lowest BCUT2D eigenvalue weighted by Gasteiger charge is -2.28. The molecule has 2 aromatic rings. The van der Waals surface area contributed by atoms with Crippen LogP contribution in [-0.4, -0.2) is 24.8 Å². The highest BCUT2D eigenvalue weighted by molar-refractivity contribution is 6.25. The number of carbonyl (C=O) groups is 3. The number of carbonyl (C=O) groups excluding carboxylic acids is 3. The summed E-state index contributed by atoms with van der Waals surface area (Å²) in [5.74, 6) is -1.16. The van der Waals surface area contributed by atoms with Gasteiger partial charge >= 0.3 is 0 Å². The van der Waals surface area contributed by atoms with E-state index in [1.54, 1.807) is 24.3 Å². The smallest absolute Gasteiger partial charge is 0.265 e. The number of anilines is 1. The van der Waals surface area contributed by atoms with Gasteiger partial charge in [0.15, 0.2) is 0 Å². The maximum absolute atomic E-state index is 12.7. The minimum atomic E-state index is -0.647. The summed E-state index contributed by atoms with van der Waals surface area (Å²) in [6.45, 7) is 0. The van der Waals surface area contributed by atoms with Crippen molar-refractivity contribution in [3.05, 3.63) is 59.2 Å². The topological polar surface area (TPSA) is 89.7 Å². The highest BCUT2D eigenvalue weighted by Gasteiger charge is 2.33. The number of hydrogen-bond acceptors (Lipinski definition) is 4. The van der Waals surface area contributed by atoms with E-state index in [9.17, 15) is 14.4 Å². The Morgan fingerprint density at radius 3 is 2.61 bits per heavy atom. The van der Waals surface area contributed by atoms with Gasteiger partial charge < -0.3 is 10.5 Å². The molecule has 2 N–H and O–H groups in total. The van der Waals surface area contributed by atoms with E-state index in [1.165, 1.54) is 25.3 Å². The Morgan fingerprint density at radius 2 is 1.91 bits per heavy atom. The largest absolute Gasteiger partial charge is 0.495 e. The monoisotopic (exact) mass is 310 g/mol. The Morgan fingerprint density at radius 1 is 1.17 bits per heavy atom. The van der Waals surface area contributed by atoms with E-state index in [2.05, 4.69) is 0 Å². The van der Waals surface area contributed by atoms with Gasteiger partial charge in [-0.15, -0.1) is 0 Å². The van der Waals surface area contributed by atoms with Crippen LogP contribution in [0.5, 0.6) is 5.75 Å². The summed E-state index contributed by atoms with van der Waals surface area (Å²) in [4.78, 5) is 37.6. The molecule has 0 aromatic heterocycles. The van der Waals surface area contributed by atoms with Gasteiger partial charge in [0, 0.05) is 11.1 Å². The molecule has 6 heteroatoms. The van der Waals surface area contributed by atoms with E-state index < -0.39 is 11.8 Å². The van der Waals surface area contributed by atoms with E-state index in [1.807, 2.05) is 0 Å². The predicted octanol–water partition coefficient (Wildman–Crippen LogP) is 1.52. The average molecular weight is 310 g/mol. The number of rotatable bonds is 3. The number of hydrogen-bond donors (Lipinski definition) is 1. The van der Waals surface area contributed by atoms with Crippen LogP contribution < -0.4 is 15.4 Å². The minimum absolute atomic E-state index is 0.103. The average Bonchev–Trinajstić information content (AvgIpc) is 2.54. The minimum Gasteiger partial charge on any atom is -0.495 e. The molecule has 3 amide bonds. The quantitative estimate of drug-likeness (QED) is 0.870. The van der Waals surface area contributed by atoms with Gasteiger partial charge in [0.2, 0.25) is 11.8 Å². The summed E-state index contributed by atoms with van der Waals surface area (Å²) in [7, 11) is 1.43. The SMILES string of the molecule is COc1ccc(C(N)=O)cc1N1C(=O)Cc2ccccc2C1=O. The molecule has 1 aliphatic heterocycles. The fraction of sp³-hybridized carbons (Fsp3) is 0.118.